The lowest BCUT2D eigenvalue weighted by atomic mass is 10.1. The minimum Gasteiger partial charge on any atom is -0.457 e. The molecular weight excluding hydrogens is 529 g/mol. The molecule has 1 atom stereocenters. The number of nitrogens with zero attached hydrogens (tertiary/aromatic N) is 5. The van der Waals surface area contributed by atoms with Crippen LogP contribution in [0.5, 0.6) is 5.88 Å². The predicted octanol–water partition coefficient (Wildman–Crippen LogP) is 4.02. The molecule has 5 rings (SSSR count). The van der Waals surface area contributed by atoms with Crippen molar-refractivity contribution in [3.8, 4) is 17.4 Å². The van der Waals surface area contributed by atoms with Crippen molar-refractivity contribution in [2.45, 2.75) is 31.0 Å². The molecule has 1 N–H and O–H groups in total. The van der Waals surface area contributed by atoms with E-state index in [-0.39, 0.29) is 40.6 Å². The van der Waals surface area contributed by atoms with Gasteiger partial charge in [0, 0.05) is 24.8 Å². The molecule has 1 aromatic carbocycles. The van der Waals surface area contributed by atoms with Gasteiger partial charge in [-0.1, -0.05) is 23.4 Å². The topological polar surface area (TPSA) is 142 Å². The molecule has 0 saturated heterocycles. The maximum absolute atomic E-state index is 14.2. The Hall–Kier alpha value is -3.85. The van der Waals surface area contributed by atoms with Crippen LogP contribution in [0.1, 0.15) is 36.3 Å². The number of benzene rings is 1. The molecule has 1 aliphatic rings. The third-order valence-electron chi connectivity index (χ3n) is 5.56. The van der Waals surface area contributed by atoms with E-state index < -0.39 is 39.8 Å². The van der Waals surface area contributed by atoms with Crippen LogP contribution in [0.25, 0.3) is 22.6 Å². The largest absolute Gasteiger partial charge is 0.457 e. The molecule has 3 aromatic heterocycles. The van der Waals surface area contributed by atoms with Crippen LogP contribution in [0.2, 0.25) is 0 Å². The molecule has 1 unspecified atom stereocenters. The molecule has 1 saturated carbocycles. The van der Waals surface area contributed by atoms with Gasteiger partial charge in [-0.2, -0.15) is 18.2 Å². The summed E-state index contributed by atoms with van der Waals surface area (Å²) in [4.78, 5) is 16.6. The molecule has 3 heterocycles. The van der Waals surface area contributed by atoms with Gasteiger partial charge in [-0.15, -0.1) is 0 Å². The quantitative estimate of drug-likeness (QED) is 0.308. The lowest BCUT2D eigenvalue weighted by Gasteiger charge is -2.22. The number of ether oxygens (including phenoxy) is 2. The first-order chi connectivity index (χ1) is 18.1. The molecule has 0 amide bonds. The van der Waals surface area contributed by atoms with Gasteiger partial charge in [0.05, 0.1) is 23.4 Å². The van der Waals surface area contributed by atoms with E-state index in [4.69, 9.17) is 14.0 Å². The lowest BCUT2D eigenvalue weighted by molar-refractivity contribution is -0.198. The molecule has 0 spiro atoms. The van der Waals surface area contributed by atoms with Crippen molar-refractivity contribution < 1.29 is 35.6 Å². The molecule has 0 aliphatic heterocycles. The van der Waals surface area contributed by atoms with E-state index in [0.29, 0.717) is 5.89 Å². The first-order valence-corrected chi connectivity index (χ1v) is 13.1. The Bertz CT molecular complexity index is 1540. The Labute approximate surface area is 214 Å². The van der Waals surface area contributed by atoms with Gasteiger partial charge in [0.1, 0.15) is 5.69 Å². The highest BCUT2D eigenvalue weighted by Gasteiger charge is 2.44. The smallest absolute Gasteiger partial charge is 0.429 e. The summed E-state index contributed by atoms with van der Waals surface area (Å²) in [6.07, 6.45) is -4.57. The maximum Gasteiger partial charge on any atom is 0.429 e. The summed E-state index contributed by atoms with van der Waals surface area (Å²) in [6, 6.07) is 8.78. The Morgan fingerprint density at radius 3 is 2.47 bits per heavy atom. The van der Waals surface area contributed by atoms with Crippen molar-refractivity contribution >= 4 is 26.9 Å². The minimum absolute atomic E-state index is 0.141. The van der Waals surface area contributed by atoms with E-state index in [1.807, 2.05) is 0 Å². The number of aromatic nitrogens is 5. The van der Waals surface area contributed by atoms with Crippen LogP contribution >= 0.6 is 0 Å². The number of anilines is 1. The summed E-state index contributed by atoms with van der Waals surface area (Å²) in [7, 11) is -2.72. The maximum atomic E-state index is 14.2. The van der Waals surface area contributed by atoms with E-state index in [1.54, 1.807) is 12.1 Å². The molecule has 0 radical (unpaired) electrons. The van der Waals surface area contributed by atoms with Crippen molar-refractivity contribution in [2.75, 3.05) is 24.2 Å². The number of nitrogens with one attached hydrogen (secondary N) is 1. The van der Waals surface area contributed by atoms with Gasteiger partial charge in [-0.3, -0.25) is 9.71 Å². The SMILES string of the molecule is COCCS(=O)(=O)Nc1nc2ccccc2nc1OC(c1ccc(-c2noc(C3CC3)n2)nc1)C(F)(F)F. The van der Waals surface area contributed by atoms with Crippen LogP contribution < -0.4 is 9.46 Å². The van der Waals surface area contributed by atoms with Crippen LogP contribution in [-0.4, -0.2) is 59.2 Å². The number of hydrogen-bond acceptors (Lipinski definition) is 10. The zero-order chi connectivity index (χ0) is 26.9. The number of sulfonamides is 1. The van der Waals surface area contributed by atoms with Crippen molar-refractivity contribution in [1.82, 2.24) is 25.1 Å². The fourth-order valence-corrected chi connectivity index (χ4v) is 4.40. The van der Waals surface area contributed by atoms with Crippen molar-refractivity contribution in [3.05, 3.63) is 54.0 Å². The molecule has 38 heavy (non-hydrogen) atoms. The number of hydrogen-bond donors (Lipinski definition) is 1. The molecular formula is C23H21F3N6O5S. The summed E-state index contributed by atoms with van der Waals surface area (Å²) in [5.74, 6) is -0.748. The summed E-state index contributed by atoms with van der Waals surface area (Å²) in [5.41, 5.74) is 0.336. The van der Waals surface area contributed by atoms with E-state index in [2.05, 4.69) is 29.8 Å². The number of methoxy groups -OCH3 is 1. The second kappa shape index (κ2) is 10.1. The number of fused-ring (bicyclic) bond motifs is 1. The van der Waals surface area contributed by atoms with Gasteiger partial charge < -0.3 is 14.0 Å². The highest BCUT2D eigenvalue weighted by atomic mass is 32.2. The Kier molecular flexibility index (Phi) is 6.88. The van der Waals surface area contributed by atoms with E-state index in [9.17, 15) is 21.6 Å². The number of alkyl halides is 3. The van der Waals surface area contributed by atoms with Crippen molar-refractivity contribution in [1.29, 1.82) is 0 Å². The summed E-state index contributed by atoms with van der Waals surface area (Å²) < 4.78 is 84.8. The second-order valence-electron chi connectivity index (χ2n) is 8.53. The first-order valence-electron chi connectivity index (χ1n) is 11.4. The van der Waals surface area contributed by atoms with Crippen molar-refractivity contribution in [2.24, 2.45) is 0 Å². The normalized spacial score (nSPS) is 14.9. The number of halogens is 3. The third-order valence-corrected chi connectivity index (χ3v) is 6.77. The summed E-state index contributed by atoms with van der Waals surface area (Å²) >= 11 is 0. The molecule has 0 bridgehead atoms. The zero-order valence-electron chi connectivity index (χ0n) is 19.8. The highest BCUT2D eigenvalue weighted by molar-refractivity contribution is 7.92. The minimum atomic E-state index is -4.91. The highest BCUT2D eigenvalue weighted by Crippen LogP contribution is 2.40. The van der Waals surface area contributed by atoms with Crippen LogP contribution in [-0.2, 0) is 14.8 Å². The molecule has 11 nitrogen and oxygen atoms in total. The second-order valence-corrected chi connectivity index (χ2v) is 10.4. The van der Waals surface area contributed by atoms with E-state index >= 15 is 0 Å². The molecule has 1 aliphatic carbocycles. The Balaban J connectivity index is 1.47. The fourth-order valence-electron chi connectivity index (χ4n) is 3.49. The number of para-hydroxylation sites is 2. The molecule has 4 aromatic rings. The van der Waals surface area contributed by atoms with Gasteiger partial charge in [-0.25, -0.2) is 18.4 Å². The van der Waals surface area contributed by atoms with Gasteiger partial charge in [-0.05, 0) is 31.0 Å². The average Bonchev–Trinajstić information content (AvgIpc) is 3.62. The summed E-state index contributed by atoms with van der Waals surface area (Å²) in [6.45, 7) is -0.141. The van der Waals surface area contributed by atoms with Gasteiger partial charge in [0.25, 0.3) is 5.88 Å². The lowest BCUT2D eigenvalue weighted by Crippen LogP contribution is -2.28. The van der Waals surface area contributed by atoms with Gasteiger partial charge in [0.2, 0.25) is 33.7 Å². The standard InChI is InChI=1S/C23H21F3N6O5S/c1-35-10-11-38(33,34)32-20-22(29-16-5-3-2-4-15(16)28-20)36-18(23(24,25)26)14-8-9-17(27-12-14)19-30-21(37-31-19)13-6-7-13/h2-5,8-9,12-13,18H,6-7,10-11H2,1H3,(H,28,32). The van der Waals surface area contributed by atoms with Crippen LogP contribution in [0.15, 0.2) is 47.1 Å². The number of pyridine rings is 1. The summed E-state index contributed by atoms with van der Waals surface area (Å²) in [5, 5.41) is 3.84. The van der Waals surface area contributed by atoms with Crippen molar-refractivity contribution in [3.63, 3.8) is 0 Å². The van der Waals surface area contributed by atoms with Gasteiger partial charge >= 0.3 is 6.18 Å². The van der Waals surface area contributed by atoms with Crippen LogP contribution in [0, 0.1) is 0 Å². The van der Waals surface area contributed by atoms with Crippen LogP contribution in [0.4, 0.5) is 19.0 Å². The monoisotopic (exact) mass is 550 g/mol. The third kappa shape index (κ3) is 5.83. The van der Waals surface area contributed by atoms with E-state index in [1.165, 1.54) is 31.4 Å². The van der Waals surface area contributed by atoms with Gasteiger partial charge in [0.15, 0.2) is 0 Å². The molecule has 200 valence electrons. The molecule has 15 heteroatoms. The van der Waals surface area contributed by atoms with E-state index in [0.717, 1.165) is 19.0 Å². The Morgan fingerprint density at radius 1 is 1.11 bits per heavy atom. The van der Waals surface area contributed by atoms with Crippen LogP contribution in [0.3, 0.4) is 0 Å². The first kappa shape index (κ1) is 25.8. The fraction of sp³-hybridized carbons (Fsp3) is 0.348. The Morgan fingerprint density at radius 2 is 1.84 bits per heavy atom. The predicted molar refractivity (Wildman–Crippen MR) is 128 cm³/mol. The zero-order valence-corrected chi connectivity index (χ0v) is 20.7. The molecule has 1 fully saturated rings. The number of rotatable bonds is 10. The average molecular weight is 551 g/mol.